The van der Waals surface area contributed by atoms with E-state index >= 15 is 0 Å². The molecule has 1 aromatic carbocycles. The molecule has 1 amide bonds. The number of nitrogens with one attached hydrogen (secondary N) is 1. The number of rotatable bonds is 3. The van der Waals surface area contributed by atoms with Crippen LogP contribution in [0.4, 0.5) is 4.39 Å². The summed E-state index contributed by atoms with van der Waals surface area (Å²) in [5.41, 5.74) is 3.38. The summed E-state index contributed by atoms with van der Waals surface area (Å²) in [7, 11) is 1.75. The third-order valence-electron chi connectivity index (χ3n) is 5.11. The number of carbonyl (C=O) groups is 1. The molecule has 0 unspecified atom stereocenters. The third-order valence-corrected chi connectivity index (χ3v) is 5.11. The monoisotopic (exact) mass is 367 g/mol. The van der Waals surface area contributed by atoms with Crippen LogP contribution in [0.3, 0.4) is 0 Å². The van der Waals surface area contributed by atoms with Crippen molar-refractivity contribution in [2.45, 2.75) is 32.7 Å². The fourth-order valence-corrected chi connectivity index (χ4v) is 3.80. The predicted octanol–water partition coefficient (Wildman–Crippen LogP) is 3.19. The molecule has 0 spiro atoms. The zero-order chi connectivity index (χ0) is 19.2. The summed E-state index contributed by atoms with van der Waals surface area (Å²) in [6.45, 7) is 4.36. The van der Waals surface area contributed by atoms with Crippen molar-refractivity contribution in [3.05, 3.63) is 65.5 Å². The Morgan fingerprint density at radius 1 is 1.22 bits per heavy atom. The lowest BCUT2D eigenvalue weighted by Crippen LogP contribution is -2.37. The molecule has 6 nitrogen and oxygen atoms in total. The molecule has 0 radical (unpaired) electrons. The minimum atomic E-state index is -0.276. The number of benzene rings is 1. The lowest BCUT2D eigenvalue weighted by molar-refractivity contribution is 0.0909. The summed E-state index contributed by atoms with van der Waals surface area (Å²) < 4.78 is 16.7. The molecule has 2 aromatic heterocycles. The van der Waals surface area contributed by atoms with Crippen molar-refractivity contribution in [3.8, 4) is 5.69 Å². The van der Waals surface area contributed by atoms with Crippen molar-refractivity contribution in [1.82, 2.24) is 24.9 Å². The van der Waals surface area contributed by atoms with Gasteiger partial charge >= 0.3 is 0 Å². The molecule has 4 rings (SSSR count). The van der Waals surface area contributed by atoms with Crippen molar-refractivity contribution in [2.24, 2.45) is 12.5 Å². The molecule has 3 aromatic rings. The maximum absolute atomic E-state index is 13.3. The van der Waals surface area contributed by atoms with Gasteiger partial charge in [0.25, 0.3) is 5.91 Å². The largest absolute Gasteiger partial charge is 0.344 e. The normalized spacial score (nSPS) is 18.1. The van der Waals surface area contributed by atoms with Gasteiger partial charge in [0.1, 0.15) is 11.5 Å². The molecule has 0 bridgehead atoms. The van der Waals surface area contributed by atoms with Gasteiger partial charge in [-0.1, -0.05) is 13.8 Å². The Kier molecular flexibility index (Phi) is 4.09. The Balaban J connectivity index is 1.69. The Labute approximate surface area is 157 Å². The van der Waals surface area contributed by atoms with E-state index in [0.717, 1.165) is 29.8 Å². The van der Waals surface area contributed by atoms with E-state index in [1.54, 1.807) is 36.1 Å². The Morgan fingerprint density at radius 2 is 1.96 bits per heavy atom. The van der Waals surface area contributed by atoms with Gasteiger partial charge < -0.3 is 5.32 Å². The highest BCUT2D eigenvalue weighted by Crippen LogP contribution is 2.41. The van der Waals surface area contributed by atoms with Crippen LogP contribution in [0, 0.1) is 11.2 Å². The van der Waals surface area contributed by atoms with Gasteiger partial charge in [-0.05, 0) is 48.6 Å². The maximum Gasteiger partial charge on any atom is 0.270 e. The second kappa shape index (κ2) is 6.33. The van der Waals surface area contributed by atoms with Gasteiger partial charge in [0, 0.05) is 18.8 Å². The van der Waals surface area contributed by atoms with Gasteiger partial charge in [-0.2, -0.15) is 10.2 Å². The molecular formula is C20H22FN5O. The van der Waals surface area contributed by atoms with Crippen LogP contribution in [-0.2, 0) is 13.5 Å². The van der Waals surface area contributed by atoms with Crippen LogP contribution in [0.1, 0.15) is 48.1 Å². The first-order valence-electron chi connectivity index (χ1n) is 8.96. The average molecular weight is 367 g/mol. The minimum absolute atomic E-state index is 0.00474. The first kappa shape index (κ1) is 17.5. The number of nitrogens with zero attached hydrogens (tertiary/aromatic N) is 4. The fourth-order valence-electron chi connectivity index (χ4n) is 3.80. The second-order valence-corrected chi connectivity index (χ2v) is 7.85. The van der Waals surface area contributed by atoms with E-state index in [-0.39, 0.29) is 23.2 Å². The van der Waals surface area contributed by atoms with Crippen molar-refractivity contribution < 1.29 is 9.18 Å². The molecule has 0 fully saturated rings. The van der Waals surface area contributed by atoms with Gasteiger partial charge in [0.2, 0.25) is 0 Å². The van der Waals surface area contributed by atoms with E-state index in [1.165, 1.54) is 12.1 Å². The number of fused-ring (bicyclic) bond motifs is 1. The molecule has 0 aliphatic heterocycles. The quantitative estimate of drug-likeness (QED) is 0.773. The second-order valence-electron chi connectivity index (χ2n) is 7.85. The van der Waals surface area contributed by atoms with Crippen LogP contribution < -0.4 is 5.32 Å². The Bertz CT molecular complexity index is 986. The SMILES string of the molecule is Cn1nccc1C(=O)N[C@@H]1CC(C)(C)Cc2c1cnn2-c1ccc(F)cc1. The highest BCUT2D eigenvalue weighted by atomic mass is 19.1. The van der Waals surface area contributed by atoms with Crippen LogP contribution in [0.2, 0.25) is 0 Å². The van der Waals surface area contributed by atoms with Gasteiger partial charge in [0.05, 0.1) is 23.6 Å². The number of halogens is 1. The number of carbonyl (C=O) groups excluding carboxylic acids is 1. The molecule has 1 aliphatic carbocycles. The van der Waals surface area contributed by atoms with E-state index in [4.69, 9.17) is 0 Å². The number of hydrogen-bond donors (Lipinski definition) is 1. The molecule has 1 atom stereocenters. The summed E-state index contributed by atoms with van der Waals surface area (Å²) in [6.07, 6.45) is 5.07. The summed E-state index contributed by atoms with van der Waals surface area (Å²) in [6, 6.07) is 7.85. The third kappa shape index (κ3) is 3.25. The maximum atomic E-state index is 13.3. The molecule has 27 heavy (non-hydrogen) atoms. The smallest absolute Gasteiger partial charge is 0.270 e. The number of aryl methyl sites for hydroxylation is 1. The van der Waals surface area contributed by atoms with E-state index in [0.29, 0.717) is 5.69 Å². The van der Waals surface area contributed by atoms with Crippen LogP contribution in [0.15, 0.2) is 42.7 Å². The fraction of sp³-hybridized carbons (Fsp3) is 0.350. The van der Waals surface area contributed by atoms with Gasteiger partial charge in [-0.25, -0.2) is 9.07 Å². The van der Waals surface area contributed by atoms with Crippen molar-refractivity contribution in [1.29, 1.82) is 0 Å². The van der Waals surface area contributed by atoms with Crippen LogP contribution >= 0.6 is 0 Å². The molecule has 0 saturated carbocycles. The van der Waals surface area contributed by atoms with E-state index < -0.39 is 0 Å². The summed E-state index contributed by atoms with van der Waals surface area (Å²) in [5, 5.41) is 11.7. The van der Waals surface area contributed by atoms with Crippen molar-refractivity contribution >= 4 is 5.91 Å². The predicted molar refractivity (Wildman–Crippen MR) is 99.0 cm³/mol. The number of hydrogen-bond acceptors (Lipinski definition) is 3. The van der Waals surface area contributed by atoms with Crippen molar-refractivity contribution in [2.75, 3.05) is 0 Å². The van der Waals surface area contributed by atoms with Crippen LogP contribution in [-0.4, -0.2) is 25.5 Å². The van der Waals surface area contributed by atoms with Gasteiger partial charge in [-0.3, -0.25) is 9.48 Å². The lowest BCUT2D eigenvalue weighted by atomic mass is 9.74. The van der Waals surface area contributed by atoms with E-state index in [9.17, 15) is 9.18 Å². The summed E-state index contributed by atoms with van der Waals surface area (Å²) in [5.74, 6) is -0.431. The molecule has 1 N–H and O–H groups in total. The summed E-state index contributed by atoms with van der Waals surface area (Å²) >= 11 is 0. The lowest BCUT2D eigenvalue weighted by Gasteiger charge is -2.36. The summed E-state index contributed by atoms with van der Waals surface area (Å²) in [4.78, 5) is 12.7. The molecule has 2 heterocycles. The van der Waals surface area contributed by atoms with Crippen LogP contribution in [0.25, 0.3) is 5.69 Å². The highest BCUT2D eigenvalue weighted by Gasteiger charge is 2.36. The Morgan fingerprint density at radius 3 is 2.63 bits per heavy atom. The number of amides is 1. The van der Waals surface area contributed by atoms with Gasteiger partial charge in [0.15, 0.2) is 0 Å². The molecule has 1 aliphatic rings. The Hall–Kier alpha value is -2.96. The minimum Gasteiger partial charge on any atom is -0.344 e. The molecule has 7 heteroatoms. The molecule has 140 valence electrons. The van der Waals surface area contributed by atoms with Crippen LogP contribution in [0.5, 0.6) is 0 Å². The average Bonchev–Trinajstić information content (AvgIpc) is 3.21. The highest BCUT2D eigenvalue weighted by molar-refractivity contribution is 5.92. The topological polar surface area (TPSA) is 64.7 Å². The standard InChI is InChI=1S/C20H22FN5O/c1-20(2)10-16(24-19(27)17-8-9-22-25(17)3)15-12-23-26(18(15)11-20)14-6-4-13(21)5-7-14/h4-9,12,16H,10-11H2,1-3H3,(H,24,27)/t16-/m1/s1. The van der Waals surface area contributed by atoms with E-state index in [1.807, 2.05) is 10.9 Å². The first-order chi connectivity index (χ1) is 12.8. The van der Waals surface area contributed by atoms with E-state index in [2.05, 4.69) is 29.4 Å². The zero-order valence-electron chi connectivity index (χ0n) is 15.6. The first-order valence-corrected chi connectivity index (χ1v) is 8.96. The molecular weight excluding hydrogens is 345 g/mol. The number of aromatic nitrogens is 4. The molecule has 0 saturated heterocycles. The van der Waals surface area contributed by atoms with Crippen molar-refractivity contribution in [3.63, 3.8) is 0 Å². The zero-order valence-corrected chi connectivity index (χ0v) is 15.6. The van der Waals surface area contributed by atoms with Gasteiger partial charge in [-0.15, -0.1) is 0 Å².